The number of hydrogen-bond acceptors (Lipinski definition) is 5. The number of allylic oxidation sites excluding steroid dienone is 1. The number of amides is 1. The van der Waals surface area contributed by atoms with Crippen LogP contribution in [0.25, 0.3) is 0 Å². The topological polar surface area (TPSA) is 95.9 Å². The number of hydrogen-bond donors (Lipinski definition) is 3. The fraction of sp³-hybridized carbons (Fsp3) is 0.941. The molecule has 0 bridgehead atoms. The number of unbranched alkanes of at least 4 members (excludes halogenated alkanes) is 53. The van der Waals surface area contributed by atoms with Gasteiger partial charge in [0.05, 0.1) is 25.4 Å². The van der Waals surface area contributed by atoms with Crippen molar-refractivity contribution in [3.63, 3.8) is 0 Å². The highest BCUT2D eigenvalue weighted by Gasteiger charge is 2.18. The van der Waals surface area contributed by atoms with Crippen LogP contribution in [0.15, 0.2) is 12.2 Å². The molecule has 0 spiro atoms. The Morgan fingerprint density at radius 3 is 0.919 bits per heavy atom. The van der Waals surface area contributed by atoms with E-state index in [0.29, 0.717) is 19.4 Å². The van der Waals surface area contributed by atoms with Gasteiger partial charge < -0.3 is 20.3 Å². The van der Waals surface area contributed by atoms with Crippen LogP contribution in [0.5, 0.6) is 0 Å². The average Bonchev–Trinajstić information content (AvgIpc) is 3.40. The highest BCUT2D eigenvalue weighted by Crippen LogP contribution is 2.19. The van der Waals surface area contributed by atoms with Crippen LogP contribution in [-0.4, -0.2) is 47.4 Å². The number of esters is 1. The number of carbonyl (C=O) groups is 2. The van der Waals surface area contributed by atoms with Crippen molar-refractivity contribution in [3.8, 4) is 0 Å². The molecule has 1 amide bonds. The van der Waals surface area contributed by atoms with Crippen molar-refractivity contribution in [1.29, 1.82) is 0 Å². The van der Waals surface area contributed by atoms with E-state index in [1.165, 1.54) is 321 Å². The smallest absolute Gasteiger partial charge is 0.305 e. The molecule has 6 nitrogen and oxygen atoms in total. The lowest BCUT2D eigenvalue weighted by molar-refractivity contribution is -0.143. The molecule has 0 saturated carbocycles. The molecule has 0 fully saturated rings. The Balaban J connectivity index is 3.33. The second-order valence-corrected chi connectivity index (χ2v) is 23.5. The molecule has 6 heteroatoms. The van der Waals surface area contributed by atoms with Crippen LogP contribution in [-0.2, 0) is 14.3 Å². The van der Waals surface area contributed by atoms with Crippen molar-refractivity contribution < 1.29 is 24.5 Å². The maximum Gasteiger partial charge on any atom is 0.305 e. The van der Waals surface area contributed by atoms with E-state index < -0.39 is 12.1 Å². The second kappa shape index (κ2) is 64.1. The van der Waals surface area contributed by atoms with Crippen LogP contribution < -0.4 is 5.32 Å². The van der Waals surface area contributed by atoms with E-state index >= 15 is 0 Å². The lowest BCUT2D eigenvalue weighted by Gasteiger charge is -2.20. The quantitative estimate of drug-likeness (QED) is 0.0320. The maximum absolute atomic E-state index is 12.5. The van der Waals surface area contributed by atoms with E-state index in [2.05, 4.69) is 19.2 Å². The Bertz CT molecular complexity index is 1110. The third-order valence-electron chi connectivity index (χ3n) is 16.1. The van der Waals surface area contributed by atoms with Gasteiger partial charge in [0.1, 0.15) is 0 Å². The van der Waals surface area contributed by atoms with E-state index in [-0.39, 0.29) is 18.5 Å². The van der Waals surface area contributed by atoms with Gasteiger partial charge in [-0.2, -0.15) is 0 Å². The minimum Gasteiger partial charge on any atom is -0.466 e. The van der Waals surface area contributed by atoms with Crippen molar-refractivity contribution >= 4 is 11.9 Å². The van der Waals surface area contributed by atoms with Gasteiger partial charge in [0.25, 0.3) is 0 Å². The summed E-state index contributed by atoms with van der Waals surface area (Å²) in [6.07, 6.45) is 78.5. The van der Waals surface area contributed by atoms with Crippen molar-refractivity contribution in [1.82, 2.24) is 5.32 Å². The molecule has 0 aromatic carbocycles. The number of aliphatic hydroxyl groups excluding tert-OH is 2. The summed E-state index contributed by atoms with van der Waals surface area (Å²) in [5.74, 6) is -0.0418. The molecule has 74 heavy (non-hydrogen) atoms. The Hall–Kier alpha value is -1.40. The SMILES string of the molecule is CCCCCCCCCCCCC/C=C/C(O)C(CO)NC(=O)CCCCCCCCCCCCCCCCCCCCCCCCCCCCOC(=O)CCCCCCCCCCCCCCCCCCCC. The maximum atomic E-state index is 12.5. The first-order valence-corrected chi connectivity index (χ1v) is 34.0. The highest BCUT2D eigenvalue weighted by atomic mass is 16.5. The summed E-state index contributed by atoms with van der Waals surface area (Å²) in [6.45, 7) is 4.94. The summed E-state index contributed by atoms with van der Waals surface area (Å²) in [7, 11) is 0. The molecule has 0 aliphatic rings. The molecule has 0 saturated heterocycles. The molecule has 0 aromatic rings. The van der Waals surface area contributed by atoms with Gasteiger partial charge in [0.2, 0.25) is 5.91 Å². The van der Waals surface area contributed by atoms with E-state index in [1.54, 1.807) is 6.08 Å². The van der Waals surface area contributed by atoms with Crippen LogP contribution in [0.4, 0.5) is 0 Å². The Morgan fingerprint density at radius 1 is 0.365 bits per heavy atom. The van der Waals surface area contributed by atoms with E-state index in [9.17, 15) is 19.8 Å². The zero-order chi connectivity index (χ0) is 53.6. The summed E-state index contributed by atoms with van der Waals surface area (Å²) in [5.41, 5.74) is 0. The molecule has 0 aromatic heterocycles. The van der Waals surface area contributed by atoms with Gasteiger partial charge in [-0.25, -0.2) is 0 Å². The molecule has 0 heterocycles. The Morgan fingerprint density at radius 2 is 0.622 bits per heavy atom. The molecule has 0 aliphatic carbocycles. The lowest BCUT2D eigenvalue weighted by Crippen LogP contribution is -2.45. The molecular weight excluding hydrogens is 911 g/mol. The first kappa shape index (κ1) is 72.6. The number of carbonyl (C=O) groups excluding carboxylic acids is 2. The molecule has 2 unspecified atom stereocenters. The molecule has 2 atom stereocenters. The van der Waals surface area contributed by atoms with Crippen LogP contribution >= 0.6 is 0 Å². The van der Waals surface area contributed by atoms with Gasteiger partial charge in [-0.3, -0.25) is 9.59 Å². The molecular formula is C68H133NO5. The molecule has 0 radical (unpaired) electrons. The predicted molar refractivity (Wildman–Crippen MR) is 324 cm³/mol. The molecule has 440 valence electrons. The van der Waals surface area contributed by atoms with Crippen LogP contribution in [0, 0.1) is 0 Å². The number of aliphatic hydroxyl groups is 2. The number of ether oxygens (including phenoxy) is 1. The van der Waals surface area contributed by atoms with Crippen molar-refractivity contribution in [2.45, 2.75) is 398 Å². The third kappa shape index (κ3) is 59.8. The van der Waals surface area contributed by atoms with Crippen molar-refractivity contribution in [2.24, 2.45) is 0 Å². The fourth-order valence-electron chi connectivity index (χ4n) is 10.9. The number of nitrogens with one attached hydrogen (secondary N) is 1. The predicted octanol–water partition coefficient (Wildman–Crippen LogP) is 21.6. The zero-order valence-electron chi connectivity index (χ0n) is 50.4. The summed E-state index contributed by atoms with van der Waals surface area (Å²) in [5, 5.41) is 23.1. The molecule has 0 rings (SSSR count). The fourth-order valence-corrected chi connectivity index (χ4v) is 10.9. The number of rotatable bonds is 64. The van der Waals surface area contributed by atoms with Gasteiger partial charge in [-0.05, 0) is 32.1 Å². The van der Waals surface area contributed by atoms with Gasteiger partial charge in [0, 0.05) is 12.8 Å². The first-order valence-electron chi connectivity index (χ1n) is 34.0. The largest absolute Gasteiger partial charge is 0.466 e. The summed E-state index contributed by atoms with van der Waals surface area (Å²) >= 11 is 0. The van der Waals surface area contributed by atoms with Gasteiger partial charge >= 0.3 is 5.97 Å². The Labute approximate surface area is 463 Å². The Kier molecular flexibility index (Phi) is 62.9. The summed E-state index contributed by atoms with van der Waals surface area (Å²) < 4.78 is 5.51. The zero-order valence-corrected chi connectivity index (χ0v) is 50.4. The average molecular weight is 1040 g/mol. The molecule has 0 aliphatic heterocycles. The van der Waals surface area contributed by atoms with Crippen LogP contribution in [0.2, 0.25) is 0 Å². The highest BCUT2D eigenvalue weighted by molar-refractivity contribution is 5.76. The third-order valence-corrected chi connectivity index (χ3v) is 16.1. The van der Waals surface area contributed by atoms with Gasteiger partial charge in [0.15, 0.2) is 0 Å². The minimum absolute atomic E-state index is 0.0221. The van der Waals surface area contributed by atoms with Gasteiger partial charge in [-0.15, -0.1) is 0 Å². The normalized spacial score (nSPS) is 12.5. The van der Waals surface area contributed by atoms with Crippen molar-refractivity contribution in [3.05, 3.63) is 12.2 Å². The summed E-state index contributed by atoms with van der Waals surface area (Å²) in [6, 6.07) is -0.624. The van der Waals surface area contributed by atoms with Gasteiger partial charge in [-0.1, -0.05) is 353 Å². The van der Waals surface area contributed by atoms with Crippen LogP contribution in [0.3, 0.4) is 0 Å². The lowest BCUT2D eigenvalue weighted by atomic mass is 10.0. The molecule has 3 N–H and O–H groups in total. The van der Waals surface area contributed by atoms with E-state index in [4.69, 9.17) is 4.74 Å². The van der Waals surface area contributed by atoms with E-state index in [0.717, 1.165) is 38.5 Å². The monoisotopic (exact) mass is 1040 g/mol. The first-order chi connectivity index (χ1) is 36.5. The van der Waals surface area contributed by atoms with Crippen LogP contribution in [0.1, 0.15) is 386 Å². The summed E-state index contributed by atoms with van der Waals surface area (Å²) in [4.78, 5) is 24.6. The second-order valence-electron chi connectivity index (χ2n) is 23.5. The van der Waals surface area contributed by atoms with E-state index in [1.807, 2.05) is 6.08 Å². The standard InChI is InChI=1S/C68H133NO5/c1-3-5-7-9-11-13-15-17-18-19-31-34-38-42-46-50-54-58-62-68(73)74-63-59-55-51-47-43-39-35-32-29-27-25-23-21-20-22-24-26-28-30-33-37-41-45-49-53-57-61-67(72)69-65(64-70)66(71)60-56-52-48-44-40-36-16-14-12-10-8-6-4-2/h56,60,65-66,70-71H,3-55,57-59,61-64H2,1-2H3,(H,69,72)/b60-56+. The van der Waals surface area contributed by atoms with Crippen molar-refractivity contribution in [2.75, 3.05) is 13.2 Å². The minimum atomic E-state index is -0.841.